The van der Waals surface area contributed by atoms with Gasteiger partial charge in [-0.1, -0.05) is 67.6 Å². The van der Waals surface area contributed by atoms with Crippen LogP contribution in [0.3, 0.4) is 0 Å². The summed E-state index contributed by atoms with van der Waals surface area (Å²) in [6.07, 6.45) is 0. The van der Waals surface area contributed by atoms with Crippen molar-refractivity contribution in [2.24, 2.45) is 5.92 Å². The summed E-state index contributed by atoms with van der Waals surface area (Å²) in [5.41, 5.74) is 2.52. The Kier molecular flexibility index (Phi) is 6.01. The van der Waals surface area contributed by atoms with Gasteiger partial charge in [0.05, 0.1) is 5.69 Å². The van der Waals surface area contributed by atoms with Gasteiger partial charge in [-0.2, -0.15) is 9.61 Å². The molecule has 0 N–H and O–H groups in total. The van der Waals surface area contributed by atoms with Crippen molar-refractivity contribution in [3.05, 3.63) is 88.1 Å². The van der Waals surface area contributed by atoms with Crippen molar-refractivity contribution in [1.82, 2.24) is 19.5 Å². The summed E-state index contributed by atoms with van der Waals surface area (Å²) in [5, 5.41) is 5.20. The van der Waals surface area contributed by atoms with Crippen LogP contribution in [-0.4, -0.2) is 26.0 Å². The molecule has 2 heterocycles. The number of aromatic nitrogens is 3. The molecule has 30 heavy (non-hydrogen) atoms. The zero-order valence-electron chi connectivity index (χ0n) is 17.0. The van der Waals surface area contributed by atoms with Crippen molar-refractivity contribution < 1.29 is 4.39 Å². The smallest absolute Gasteiger partial charge is 0.275 e. The van der Waals surface area contributed by atoms with Crippen LogP contribution in [0, 0.1) is 11.7 Å². The van der Waals surface area contributed by atoms with Crippen LogP contribution >= 0.6 is 11.3 Å². The van der Waals surface area contributed by atoms with E-state index in [9.17, 15) is 9.18 Å². The molecule has 0 saturated heterocycles. The molecule has 0 aliphatic rings. The lowest BCUT2D eigenvalue weighted by Crippen LogP contribution is -2.28. The van der Waals surface area contributed by atoms with Gasteiger partial charge >= 0.3 is 0 Å². The Hall–Kier alpha value is -2.90. The van der Waals surface area contributed by atoms with Crippen LogP contribution in [-0.2, 0) is 13.1 Å². The van der Waals surface area contributed by atoms with Gasteiger partial charge in [-0.25, -0.2) is 9.37 Å². The van der Waals surface area contributed by atoms with Gasteiger partial charge in [0.1, 0.15) is 10.8 Å². The van der Waals surface area contributed by atoms with Crippen molar-refractivity contribution in [3.63, 3.8) is 0 Å². The number of rotatable bonds is 7. The minimum absolute atomic E-state index is 0.181. The number of nitrogens with zero attached hydrogens (tertiary/aromatic N) is 4. The Labute approximate surface area is 178 Å². The highest BCUT2D eigenvalue weighted by molar-refractivity contribution is 7.19. The second-order valence-electron chi connectivity index (χ2n) is 7.74. The molecule has 0 aliphatic carbocycles. The quantitative estimate of drug-likeness (QED) is 0.436. The van der Waals surface area contributed by atoms with Crippen LogP contribution in [0.4, 0.5) is 4.39 Å². The van der Waals surface area contributed by atoms with Gasteiger partial charge in [-0.3, -0.25) is 9.69 Å². The van der Waals surface area contributed by atoms with Crippen LogP contribution in [0.25, 0.3) is 15.5 Å². The predicted octanol–water partition coefficient (Wildman–Crippen LogP) is 4.62. The molecule has 154 valence electrons. The van der Waals surface area contributed by atoms with E-state index in [-0.39, 0.29) is 11.4 Å². The Morgan fingerprint density at radius 1 is 1.07 bits per heavy atom. The number of benzene rings is 2. The van der Waals surface area contributed by atoms with E-state index >= 15 is 0 Å². The molecule has 0 amide bonds. The maximum absolute atomic E-state index is 13.2. The van der Waals surface area contributed by atoms with E-state index in [0.29, 0.717) is 29.7 Å². The van der Waals surface area contributed by atoms with Crippen molar-refractivity contribution in [3.8, 4) is 10.6 Å². The lowest BCUT2D eigenvalue weighted by Gasteiger charge is -2.24. The molecule has 0 radical (unpaired) electrons. The van der Waals surface area contributed by atoms with Crippen LogP contribution in [0.2, 0.25) is 0 Å². The summed E-state index contributed by atoms with van der Waals surface area (Å²) < 4.78 is 14.6. The molecule has 7 heteroatoms. The molecule has 5 nitrogen and oxygen atoms in total. The molecule has 0 atom stereocenters. The second kappa shape index (κ2) is 8.85. The fourth-order valence-corrected chi connectivity index (χ4v) is 4.34. The maximum Gasteiger partial charge on any atom is 0.275 e. The third-order valence-corrected chi connectivity index (χ3v) is 5.60. The molecule has 2 aromatic heterocycles. The fraction of sp³-hybridized carbons (Fsp3) is 0.261. The molecular formula is C23H23FN4OS. The van der Waals surface area contributed by atoms with Crippen LogP contribution in [0.1, 0.15) is 25.1 Å². The summed E-state index contributed by atoms with van der Waals surface area (Å²) in [5.74, 6) is 0.206. The van der Waals surface area contributed by atoms with Gasteiger partial charge < -0.3 is 0 Å². The van der Waals surface area contributed by atoms with E-state index in [2.05, 4.69) is 23.8 Å². The highest BCUT2D eigenvalue weighted by atomic mass is 32.1. The first kappa shape index (κ1) is 20.4. The zero-order valence-corrected chi connectivity index (χ0v) is 17.8. The maximum atomic E-state index is 13.2. The first-order valence-electron chi connectivity index (χ1n) is 9.90. The molecule has 0 spiro atoms. The Balaban J connectivity index is 1.61. The molecule has 0 saturated carbocycles. The van der Waals surface area contributed by atoms with E-state index in [4.69, 9.17) is 4.98 Å². The largest absolute Gasteiger partial charge is 0.293 e. The monoisotopic (exact) mass is 422 g/mol. The number of hydrogen-bond donors (Lipinski definition) is 0. The van der Waals surface area contributed by atoms with E-state index < -0.39 is 0 Å². The van der Waals surface area contributed by atoms with E-state index in [1.165, 1.54) is 28.0 Å². The average molecular weight is 423 g/mol. The number of hydrogen-bond acceptors (Lipinski definition) is 5. The lowest BCUT2D eigenvalue weighted by molar-refractivity contribution is 0.225. The Morgan fingerprint density at radius 3 is 2.50 bits per heavy atom. The van der Waals surface area contributed by atoms with Crippen LogP contribution in [0.15, 0.2) is 65.5 Å². The standard InChI is InChI=1S/C23H23FN4OS/c1-16(2)13-27(14-17-8-10-19(24)11-9-17)15-20-12-21(29)28-23(25-20)30-22(26-28)18-6-4-3-5-7-18/h3-12,16H,13-15H2,1-2H3. The van der Waals surface area contributed by atoms with Gasteiger partial charge in [0.15, 0.2) is 0 Å². The van der Waals surface area contributed by atoms with Gasteiger partial charge in [0, 0.05) is 31.3 Å². The molecule has 0 bridgehead atoms. The minimum atomic E-state index is -0.242. The molecule has 0 unspecified atom stereocenters. The zero-order chi connectivity index (χ0) is 21.1. The van der Waals surface area contributed by atoms with E-state index in [1.54, 1.807) is 18.2 Å². The molecule has 2 aromatic carbocycles. The molecule has 4 aromatic rings. The van der Waals surface area contributed by atoms with Crippen molar-refractivity contribution >= 4 is 16.3 Å². The Morgan fingerprint density at radius 2 is 1.80 bits per heavy atom. The van der Waals surface area contributed by atoms with Gasteiger partial charge in [-0.15, -0.1) is 0 Å². The first-order chi connectivity index (χ1) is 14.5. The lowest BCUT2D eigenvalue weighted by atomic mass is 10.1. The van der Waals surface area contributed by atoms with Gasteiger partial charge in [0.25, 0.3) is 5.56 Å². The Bertz CT molecular complexity index is 1190. The summed E-state index contributed by atoms with van der Waals surface area (Å²) in [4.78, 5) is 20.2. The highest BCUT2D eigenvalue weighted by Crippen LogP contribution is 2.24. The second-order valence-corrected chi connectivity index (χ2v) is 8.70. The van der Waals surface area contributed by atoms with E-state index in [1.807, 2.05) is 30.3 Å². The molecule has 0 fully saturated rings. The van der Waals surface area contributed by atoms with Gasteiger partial charge in [0.2, 0.25) is 4.96 Å². The normalized spacial score (nSPS) is 11.6. The molecular weight excluding hydrogens is 399 g/mol. The highest BCUT2D eigenvalue weighted by Gasteiger charge is 2.14. The predicted molar refractivity (Wildman–Crippen MR) is 118 cm³/mol. The van der Waals surface area contributed by atoms with Crippen LogP contribution < -0.4 is 5.56 Å². The third-order valence-electron chi connectivity index (χ3n) is 4.65. The van der Waals surface area contributed by atoms with Crippen LogP contribution in [0.5, 0.6) is 0 Å². The van der Waals surface area contributed by atoms with Crippen molar-refractivity contribution in [2.45, 2.75) is 26.9 Å². The number of fused-ring (bicyclic) bond motifs is 1. The summed E-state index contributed by atoms with van der Waals surface area (Å²) in [6.45, 7) is 6.35. The topological polar surface area (TPSA) is 50.5 Å². The summed E-state index contributed by atoms with van der Waals surface area (Å²) >= 11 is 1.41. The molecule has 4 rings (SSSR count). The van der Waals surface area contributed by atoms with Gasteiger partial charge in [-0.05, 0) is 23.6 Å². The minimum Gasteiger partial charge on any atom is -0.293 e. The SMILES string of the molecule is CC(C)CN(Cc1ccc(F)cc1)Cc1cc(=O)n2nc(-c3ccccc3)sc2n1. The van der Waals surface area contributed by atoms with E-state index in [0.717, 1.165) is 22.7 Å². The third kappa shape index (κ3) is 4.80. The van der Waals surface area contributed by atoms with Crippen molar-refractivity contribution in [2.75, 3.05) is 6.54 Å². The summed E-state index contributed by atoms with van der Waals surface area (Å²) in [6, 6.07) is 17.9. The average Bonchev–Trinajstić information content (AvgIpc) is 3.15. The molecule has 0 aliphatic heterocycles. The number of halogens is 1. The fourth-order valence-electron chi connectivity index (χ4n) is 3.41. The summed E-state index contributed by atoms with van der Waals surface area (Å²) in [7, 11) is 0. The first-order valence-corrected chi connectivity index (χ1v) is 10.7. The van der Waals surface area contributed by atoms with Crippen molar-refractivity contribution in [1.29, 1.82) is 0 Å².